The summed E-state index contributed by atoms with van der Waals surface area (Å²) in [4.78, 5) is 24.4. The van der Waals surface area contributed by atoms with Crippen LogP contribution in [0.1, 0.15) is 23.1 Å². The summed E-state index contributed by atoms with van der Waals surface area (Å²) in [5.41, 5.74) is 3.41. The molecule has 5 heteroatoms. The number of fused-ring (bicyclic) bond motifs is 1. The van der Waals surface area contributed by atoms with Crippen molar-refractivity contribution in [1.82, 2.24) is 0 Å². The molecular formula is C20H18BrNO3. The fourth-order valence-corrected chi connectivity index (χ4v) is 3.22. The summed E-state index contributed by atoms with van der Waals surface area (Å²) in [6.07, 6.45) is 0.563. The molecule has 0 bridgehead atoms. The Hall–Kier alpha value is -2.40. The Labute approximate surface area is 154 Å². The maximum atomic E-state index is 12.3. The molecule has 0 saturated carbocycles. The molecule has 0 saturated heterocycles. The van der Waals surface area contributed by atoms with Crippen LogP contribution in [0.25, 0.3) is 11.0 Å². The van der Waals surface area contributed by atoms with E-state index in [1.54, 1.807) is 0 Å². The molecule has 1 aromatic heterocycles. The standard InChI is InChI=1S/C20H18BrNO3/c1-12-6-7-16-13(2)17(20(24)25-18(16)10-12)8-9-19(23)22-15-5-3-4-14(21)11-15/h3-7,10-11H,8-9H2,1-2H3,(H,22,23). The molecule has 0 radical (unpaired) electrons. The van der Waals surface area contributed by atoms with Gasteiger partial charge in [0.05, 0.1) is 0 Å². The first-order chi connectivity index (χ1) is 11.9. The summed E-state index contributed by atoms with van der Waals surface area (Å²) < 4.78 is 6.32. The number of benzene rings is 2. The van der Waals surface area contributed by atoms with E-state index in [1.807, 2.05) is 56.3 Å². The second-order valence-electron chi connectivity index (χ2n) is 6.05. The first-order valence-corrected chi connectivity index (χ1v) is 8.81. The van der Waals surface area contributed by atoms with Crippen LogP contribution in [-0.2, 0) is 11.2 Å². The lowest BCUT2D eigenvalue weighted by molar-refractivity contribution is -0.116. The summed E-state index contributed by atoms with van der Waals surface area (Å²) in [6, 6.07) is 13.2. The van der Waals surface area contributed by atoms with Crippen LogP contribution in [0.5, 0.6) is 0 Å². The minimum absolute atomic E-state index is 0.138. The fraction of sp³-hybridized carbons (Fsp3) is 0.200. The number of hydrogen-bond acceptors (Lipinski definition) is 3. The average Bonchev–Trinajstić information content (AvgIpc) is 2.54. The van der Waals surface area contributed by atoms with E-state index in [9.17, 15) is 9.59 Å². The van der Waals surface area contributed by atoms with E-state index in [1.165, 1.54) is 0 Å². The minimum Gasteiger partial charge on any atom is -0.423 e. The molecule has 0 aliphatic carbocycles. The van der Waals surface area contributed by atoms with E-state index in [4.69, 9.17) is 4.42 Å². The van der Waals surface area contributed by atoms with Crippen LogP contribution in [-0.4, -0.2) is 5.91 Å². The van der Waals surface area contributed by atoms with Crippen LogP contribution in [0.4, 0.5) is 5.69 Å². The van der Waals surface area contributed by atoms with Gasteiger partial charge in [-0.3, -0.25) is 4.79 Å². The van der Waals surface area contributed by atoms with Crippen molar-refractivity contribution >= 4 is 38.5 Å². The van der Waals surface area contributed by atoms with Crippen molar-refractivity contribution in [3.8, 4) is 0 Å². The lowest BCUT2D eigenvalue weighted by Crippen LogP contribution is -2.16. The lowest BCUT2D eigenvalue weighted by Gasteiger charge is -2.09. The van der Waals surface area contributed by atoms with Gasteiger partial charge in [-0.25, -0.2) is 4.79 Å². The van der Waals surface area contributed by atoms with Crippen molar-refractivity contribution in [3.63, 3.8) is 0 Å². The maximum absolute atomic E-state index is 12.3. The predicted octanol–water partition coefficient (Wildman–Crippen LogP) is 4.74. The summed E-state index contributed by atoms with van der Waals surface area (Å²) in [6.45, 7) is 3.85. The number of aryl methyl sites for hydroxylation is 2. The van der Waals surface area contributed by atoms with Crippen molar-refractivity contribution in [1.29, 1.82) is 0 Å². The number of amides is 1. The van der Waals surface area contributed by atoms with E-state index in [2.05, 4.69) is 21.2 Å². The highest BCUT2D eigenvalue weighted by Crippen LogP contribution is 2.21. The third-order valence-electron chi connectivity index (χ3n) is 4.15. The SMILES string of the molecule is Cc1ccc2c(C)c(CCC(=O)Nc3cccc(Br)c3)c(=O)oc2c1. The number of halogens is 1. The van der Waals surface area contributed by atoms with Gasteiger partial charge in [-0.2, -0.15) is 0 Å². The van der Waals surface area contributed by atoms with Crippen molar-refractivity contribution in [3.05, 3.63) is 74.0 Å². The Balaban J connectivity index is 1.78. The van der Waals surface area contributed by atoms with Gasteiger partial charge in [-0.1, -0.05) is 34.1 Å². The highest BCUT2D eigenvalue weighted by atomic mass is 79.9. The van der Waals surface area contributed by atoms with Crippen molar-refractivity contribution < 1.29 is 9.21 Å². The quantitative estimate of drug-likeness (QED) is 0.644. The van der Waals surface area contributed by atoms with Crippen LogP contribution in [0.3, 0.4) is 0 Å². The van der Waals surface area contributed by atoms with Gasteiger partial charge in [0, 0.05) is 27.5 Å². The summed E-state index contributed by atoms with van der Waals surface area (Å²) in [7, 11) is 0. The largest absolute Gasteiger partial charge is 0.423 e. The van der Waals surface area contributed by atoms with Gasteiger partial charge < -0.3 is 9.73 Å². The van der Waals surface area contributed by atoms with Crippen LogP contribution < -0.4 is 10.9 Å². The molecule has 1 N–H and O–H groups in total. The number of carbonyl (C=O) groups is 1. The zero-order valence-electron chi connectivity index (χ0n) is 14.1. The molecule has 0 atom stereocenters. The number of carbonyl (C=O) groups excluding carboxylic acids is 1. The summed E-state index contributed by atoms with van der Waals surface area (Å²) in [5.74, 6) is -0.138. The van der Waals surface area contributed by atoms with Gasteiger partial charge in [0.2, 0.25) is 5.91 Å². The molecule has 1 amide bonds. The van der Waals surface area contributed by atoms with Crippen LogP contribution in [0.15, 0.2) is 56.1 Å². The monoisotopic (exact) mass is 399 g/mol. The molecule has 3 rings (SSSR count). The van der Waals surface area contributed by atoms with Crippen LogP contribution in [0.2, 0.25) is 0 Å². The van der Waals surface area contributed by atoms with Gasteiger partial charge in [-0.05, 0) is 55.7 Å². The van der Waals surface area contributed by atoms with Crippen LogP contribution in [0, 0.1) is 13.8 Å². The molecule has 0 spiro atoms. The first kappa shape index (κ1) is 17.4. The molecule has 0 unspecified atom stereocenters. The van der Waals surface area contributed by atoms with Gasteiger partial charge in [0.15, 0.2) is 0 Å². The highest BCUT2D eigenvalue weighted by molar-refractivity contribution is 9.10. The Bertz CT molecular complexity index is 1010. The smallest absolute Gasteiger partial charge is 0.339 e. The van der Waals surface area contributed by atoms with Gasteiger partial charge >= 0.3 is 5.63 Å². The molecule has 0 aliphatic rings. The second kappa shape index (κ2) is 7.23. The normalized spacial score (nSPS) is 10.8. The molecule has 1 heterocycles. The predicted molar refractivity (Wildman–Crippen MR) is 103 cm³/mol. The molecule has 0 aliphatic heterocycles. The Kier molecular flexibility index (Phi) is 5.04. The van der Waals surface area contributed by atoms with Gasteiger partial charge in [0.25, 0.3) is 0 Å². The Morgan fingerprint density at radius 2 is 1.96 bits per heavy atom. The molecule has 25 heavy (non-hydrogen) atoms. The first-order valence-electron chi connectivity index (χ1n) is 8.02. The van der Waals surface area contributed by atoms with Crippen molar-refractivity contribution in [2.45, 2.75) is 26.7 Å². The zero-order chi connectivity index (χ0) is 18.0. The summed E-state index contributed by atoms with van der Waals surface area (Å²) in [5, 5.41) is 3.74. The Morgan fingerprint density at radius 1 is 1.16 bits per heavy atom. The van der Waals surface area contributed by atoms with E-state index in [0.29, 0.717) is 17.6 Å². The number of hydrogen-bond donors (Lipinski definition) is 1. The minimum atomic E-state index is -0.370. The third kappa shape index (κ3) is 3.99. The van der Waals surface area contributed by atoms with Crippen LogP contribution >= 0.6 is 15.9 Å². The fourth-order valence-electron chi connectivity index (χ4n) is 2.82. The Morgan fingerprint density at radius 3 is 2.72 bits per heavy atom. The average molecular weight is 400 g/mol. The molecule has 2 aromatic carbocycles. The topological polar surface area (TPSA) is 59.3 Å². The lowest BCUT2D eigenvalue weighted by atomic mass is 10.0. The van der Waals surface area contributed by atoms with E-state index < -0.39 is 0 Å². The zero-order valence-corrected chi connectivity index (χ0v) is 15.6. The molecular weight excluding hydrogens is 382 g/mol. The molecule has 4 nitrogen and oxygen atoms in total. The van der Waals surface area contributed by atoms with E-state index in [0.717, 1.165) is 26.7 Å². The number of nitrogens with one attached hydrogen (secondary N) is 1. The molecule has 0 fully saturated rings. The summed E-state index contributed by atoms with van der Waals surface area (Å²) >= 11 is 3.37. The van der Waals surface area contributed by atoms with Crippen molar-refractivity contribution in [2.24, 2.45) is 0 Å². The number of anilines is 1. The van der Waals surface area contributed by atoms with Gasteiger partial charge in [-0.15, -0.1) is 0 Å². The van der Waals surface area contributed by atoms with E-state index >= 15 is 0 Å². The highest BCUT2D eigenvalue weighted by Gasteiger charge is 2.13. The molecule has 128 valence electrons. The van der Waals surface area contributed by atoms with Gasteiger partial charge in [0.1, 0.15) is 5.58 Å². The van der Waals surface area contributed by atoms with E-state index in [-0.39, 0.29) is 18.0 Å². The second-order valence-corrected chi connectivity index (χ2v) is 6.97. The maximum Gasteiger partial charge on any atom is 0.339 e. The third-order valence-corrected chi connectivity index (χ3v) is 4.65. The number of rotatable bonds is 4. The van der Waals surface area contributed by atoms with Crippen molar-refractivity contribution in [2.75, 3.05) is 5.32 Å². The molecule has 3 aromatic rings.